The Balaban J connectivity index is 1.71. The molecule has 1 amide bonds. The van der Waals surface area contributed by atoms with Crippen molar-refractivity contribution in [3.05, 3.63) is 63.3 Å². The van der Waals surface area contributed by atoms with E-state index in [2.05, 4.69) is 16.4 Å². The van der Waals surface area contributed by atoms with Gasteiger partial charge in [-0.15, -0.1) is 0 Å². The van der Waals surface area contributed by atoms with E-state index >= 15 is 0 Å². The zero-order valence-corrected chi connectivity index (χ0v) is 14.8. The molecule has 1 aliphatic carbocycles. The summed E-state index contributed by atoms with van der Waals surface area (Å²) in [5, 5.41) is 14.1. The fourth-order valence-electron chi connectivity index (χ4n) is 3.19. The smallest absolute Gasteiger partial charge is 0.406 e. The number of hydrogen-bond acceptors (Lipinski definition) is 5. The van der Waals surface area contributed by atoms with Crippen LogP contribution in [0.4, 0.5) is 5.82 Å². The Morgan fingerprint density at radius 1 is 1.35 bits per heavy atom. The molecule has 1 N–H and O–H groups in total. The van der Waals surface area contributed by atoms with E-state index in [1.54, 1.807) is 19.9 Å². The van der Waals surface area contributed by atoms with Crippen LogP contribution in [0.3, 0.4) is 0 Å². The molecule has 136 valence electrons. The molecule has 2 atom stereocenters. The molecular weight excluding hydrogens is 334 g/mol. The van der Waals surface area contributed by atoms with Gasteiger partial charge in [0, 0.05) is 6.92 Å². The van der Waals surface area contributed by atoms with Crippen LogP contribution in [0.2, 0.25) is 0 Å². The molecule has 3 rings (SSSR count). The van der Waals surface area contributed by atoms with Crippen molar-refractivity contribution in [3.63, 3.8) is 0 Å². The van der Waals surface area contributed by atoms with Gasteiger partial charge in [0.25, 0.3) is 5.91 Å². The van der Waals surface area contributed by atoms with E-state index < -0.39 is 11.0 Å². The molecule has 1 heterocycles. The number of hydrogen-bond donors (Lipinski definition) is 1. The number of aromatic nitrogens is 1. The number of carbonyl (C=O) groups is 1. The molecule has 0 fully saturated rings. The second-order valence-corrected chi connectivity index (χ2v) is 6.44. The minimum atomic E-state index is -0.868. The van der Waals surface area contributed by atoms with E-state index in [1.807, 2.05) is 18.2 Å². The normalized spacial score (nSPS) is 17.1. The second-order valence-electron chi connectivity index (χ2n) is 6.44. The first kappa shape index (κ1) is 17.8. The molecule has 0 saturated heterocycles. The van der Waals surface area contributed by atoms with Crippen LogP contribution >= 0.6 is 0 Å². The van der Waals surface area contributed by atoms with Crippen molar-refractivity contribution < 1.29 is 14.5 Å². The van der Waals surface area contributed by atoms with Gasteiger partial charge in [0.15, 0.2) is 6.10 Å². The molecule has 7 nitrogen and oxygen atoms in total. The summed E-state index contributed by atoms with van der Waals surface area (Å²) >= 11 is 0. The fraction of sp³-hybridized carbons (Fsp3) is 0.368. The van der Waals surface area contributed by atoms with Gasteiger partial charge in [0.2, 0.25) is 5.75 Å². The van der Waals surface area contributed by atoms with Crippen molar-refractivity contribution in [1.82, 2.24) is 10.3 Å². The molecule has 2 aromatic rings. The summed E-state index contributed by atoms with van der Waals surface area (Å²) in [6, 6.07) is 11.1. The highest BCUT2D eigenvalue weighted by atomic mass is 16.6. The molecule has 26 heavy (non-hydrogen) atoms. The molecule has 0 aliphatic heterocycles. The zero-order chi connectivity index (χ0) is 18.7. The van der Waals surface area contributed by atoms with Gasteiger partial charge in [-0.3, -0.25) is 4.79 Å². The Kier molecular flexibility index (Phi) is 5.16. The quantitative estimate of drug-likeness (QED) is 0.656. The van der Waals surface area contributed by atoms with Gasteiger partial charge in [-0.25, -0.2) is 0 Å². The first-order valence-electron chi connectivity index (χ1n) is 8.62. The lowest BCUT2D eigenvalue weighted by Gasteiger charge is -2.27. The summed E-state index contributed by atoms with van der Waals surface area (Å²) in [6.07, 6.45) is 2.01. The van der Waals surface area contributed by atoms with E-state index in [1.165, 1.54) is 11.6 Å². The maximum Gasteiger partial charge on any atom is 0.406 e. The monoisotopic (exact) mass is 355 g/mol. The average Bonchev–Trinajstić information content (AvgIpc) is 2.63. The Bertz CT molecular complexity index is 837. The Morgan fingerprint density at radius 3 is 2.88 bits per heavy atom. The van der Waals surface area contributed by atoms with Gasteiger partial charge in [0.1, 0.15) is 5.69 Å². The number of nitrogens with zero attached hydrogens (tertiary/aromatic N) is 2. The number of carbonyl (C=O) groups excluding carboxylic acids is 1. The van der Waals surface area contributed by atoms with Gasteiger partial charge >= 0.3 is 5.82 Å². The van der Waals surface area contributed by atoms with Crippen molar-refractivity contribution in [3.8, 4) is 5.75 Å². The van der Waals surface area contributed by atoms with E-state index in [9.17, 15) is 14.9 Å². The van der Waals surface area contributed by atoms with Gasteiger partial charge in [-0.2, -0.15) is 0 Å². The van der Waals surface area contributed by atoms with Crippen LogP contribution in [0, 0.1) is 17.0 Å². The van der Waals surface area contributed by atoms with Crippen molar-refractivity contribution in [2.75, 3.05) is 0 Å². The third kappa shape index (κ3) is 3.82. The third-order valence-electron chi connectivity index (χ3n) is 4.51. The number of nitro groups is 1. The van der Waals surface area contributed by atoms with Crippen molar-refractivity contribution in [2.45, 2.75) is 45.3 Å². The Hall–Kier alpha value is -2.96. The number of benzene rings is 1. The van der Waals surface area contributed by atoms with E-state index in [0.717, 1.165) is 24.8 Å². The number of fused-ring (bicyclic) bond motifs is 1. The van der Waals surface area contributed by atoms with Gasteiger partial charge < -0.3 is 20.2 Å². The highest BCUT2D eigenvalue weighted by molar-refractivity contribution is 5.81. The molecule has 0 saturated carbocycles. The molecule has 0 bridgehead atoms. The Morgan fingerprint density at radius 2 is 2.12 bits per heavy atom. The van der Waals surface area contributed by atoms with E-state index in [-0.39, 0.29) is 23.5 Å². The summed E-state index contributed by atoms with van der Waals surface area (Å²) in [7, 11) is 0. The largest absolute Gasteiger partial charge is 0.473 e. The number of ether oxygens (including phenoxy) is 1. The lowest BCUT2D eigenvalue weighted by atomic mass is 9.87. The average molecular weight is 355 g/mol. The van der Waals surface area contributed by atoms with Crippen LogP contribution in [-0.2, 0) is 11.2 Å². The first-order valence-corrected chi connectivity index (χ1v) is 8.62. The van der Waals surface area contributed by atoms with Crippen LogP contribution in [0.1, 0.15) is 42.6 Å². The minimum absolute atomic E-state index is 0.00713. The standard InChI is InChI=1S/C19H21N3O4/c1-12-10-11-17(18(20-12)22(24)25)26-13(2)19(23)21-16-9-5-7-14-6-3-4-8-15(14)16/h3-4,6,8,10-11,13,16H,5,7,9H2,1-2H3,(H,21,23)/t13-,16+/m1/s1. The van der Waals surface area contributed by atoms with Crippen molar-refractivity contribution in [1.29, 1.82) is 0 Å². The number of aryl methyl sites for hydroxylation is 2. The number of pyridine rings is 1. The summed E-state index contributed by atoms with van der Waals surface area (Å²) in [4.78, 5) is 27.0. The van der Waals surface area contributed by atoms with Crippen molar-refractivity contribution >= 4 is 11.7 Å². The fourth-order valence-corrected chi connectivity index (χ4v) is 3.19. The molecule has 0 spiro atoms. The maximum absolute atomic E-state index is 12.5. The van der Waals surface area contributed by atoms with Crippen LogP contribution in [0.15, 0.2) is 36.4 Å². The summed E-state index contributed by atoms with van der Waals surface area (Å²) in [6.45, 7) is 3.24. The van der Waals surface area contributed by atoms with Crippen LogP contribution in [-0.4, -0.2) is 21.9 Å². The minimum Gasteiger partial charge on any atom is -0.473 e. The zero-order valence-electron chi connectivity index (χ0n) is 14.8. The molecule has 1 aromatic heterocycles. The summed E-state index contributed by atoms with van der Waals surface area (Å²) in [5.74, 6) is -0.693. The van der Waals surface area contributed by atoms with Gasteiger partial charge in [-0.05, 0) is 59.4 Å². The first-order chi connectivity index (χ1) is 12.5. The highest BCUT2D eigenvalue weighted by Gasteiger charge is 2.26. The van der Waals surface area contributed by atoms with Crippen LogP contribution < -0.4 is 10.1 Å². The molecule has 0 unspecified atom stereocenters. The summed E-state index contributed by atoms with van der Waals surface area (Å²) < 4.78 is 5.54. The lowest BCUT2D eigenvalue weighted by Crippen LogP contribution is -2.39. The number of rotatable bonds is 5. The SMILES string of the molecule is Cc1ccc(O[C@H](C)C(=O)N[C@H]2CCCc3ccccc32)c([N+](=O)[O-])n1. The van der Waals surface area contributed by atoms with Gasteiger partial charge in [0.05, 0.1) is 6.04 Å². The molecular formula is C19H21N3O4. The lowest BCUT2D eigenvalue weighted by molar-refractivity contribution is -0.390. The topological polar surface area (TPSA) is 94.4 Å². The van der Waals surface area contributed by atoms with Crippen LogP contribution in [0.5, 0.6) is 5.75 Å². The number of nitrogens with one attached hydrogen (secondary N) is 1. The molecule has 7 heteroatoms. The predicted octanol–water partition coefficient (Wildman–Crippen LogP) is 3.26. The third-order valence-corrected chi connectivity index (χ3v) is 4.51. The van der Waals surface area contributed by atoms with E-state index in [4.69, 9.17) is 4.74 Å². The molecule has 1 aromatic carbocycles. The van der Waals surface area contributed by atoms with Crippen molar-refractivity contribution in [2.24, 2.45) is 0 Å². The summed E-state index contributed by atoms with van der Waals surface area (Å²) in [5.41, 5.74) is 2.89. The Labute approximate surface area is 151 Å². The predicted molar refractivity (Wildman–Crippen MR) is 96.0 cm³/mol. The number of amides is 1. The second kappa shape index (κ2) is 7.51. The molecule has 1 aliphatic rings. The maximum atomic E-state index is 12.5. The van der Waals surface area contributed by atoms with Gasteiger partial charge in [-0.1, -0.05) is 24.3 Å². The van der Waals surface area contributed by atoms with Crippen LogP contribution in [0.25, 0.3) is 0 Å². The molecule has 0 radical (unpaired) electrons. The van der Waals surface area contributed by atoms with E-state index in [0.29, 0.717) is 5.69 Å². The highest BCUT2D eigenvalue weighted by Crippen LogP contribution is 2.30.